The molecule has 1 aromatic carbocycles. The van der Waals surface area contributed by atoms with Crippen molar-refractivity contribution in [3.05, 3.63) is 52.2 Å². The number of thiophene rings is 1. The van der Waals surface area contributed by atoms with Gasteiger partial charge in [0.2, 0.25) is 0 Å². The Morgan fingerprint density at radius 2 is 2.05 bits per heavy atom. The van der Waals surface area contributed by atoms with Crippen LogP contribution in [0.2, 0.25) is 0 Å². The standard InChI is InChI=1S/C15H14O3S/c1-17-12-4-6-15(18-2)13(9-12)14(16)5-3-11-7-8-19-10-11/h3-10H,1-2H3/b5-3+. The zero-order chi connectivity index (χ0) is 13.7. The van der Waals surface area contributed by atoms with E-state index < -0.39 is 0 Å². The van der Waals surface area contributed by atoms with Crippen LogP contribution in [0.1, 0.15) is 15.9 Å². The molecule has 2 aromatic rings. The molecule has 0 atom stereocenters. The van der Waals surface area contributed by atoms with Crippen molar-refractivity contribution in [1.82, 2.24) is 0 Å². The summed E-state index contributed by atoms with van der Waals surface area (Å²) in [5, 5.41) is 3.95. The van der Waals surface area contributed by atoms with Crippen LogP contribution in [0.25, 0.3) is 6.08 Å². The number of hydrogen-bond donors (Lipinski definition) is 0. The topological polar surface area (TPSA) is 35.5 Å². The third-order valence-corrected chi connectivity index (χ3v) is 3.34. The molecular weight excluding hydrogens is 260 g/mol. The highest BCUT2D eigenvalue weighted by Crippen LogP contribution is 2.25. The third-order valence-electron chi connectivity index (χ3n) is 2.64. The summed E-state index contributed by atoms with van der Waals surface area (Å²) in [6.07, 6.45) is 3.33. The van der Waals surface area contributed by atoms with Crippen LogP contribution >= 0.6 is 11.3 Å². The van der Waals surface area contributed by atoms with E-state index in [0.717, 1.165) is 5.56 Å². The van der Waals surface area contributed by atoms with E-state index in [-0.39, 0.29) is 5.78 Å². The summed E-state index contributed by atoms with van der Waals surface area (Å²) in [4.78, 5) is 12.2. The van der Waals surface area contributed by atoms with Gasteiger partial charge in [0.05, 0.1) is 19.8 Å². The van der Waals surface area contributed by atoms with E-state index in [1.165, 1.54) is 0 Å². The highest BCUT2D eigenvalue weighted by molar-refractivity contribution is 7.08. The Kier molecular flexibility index (Phi) is 4.36. The van der Waals surface area contributed by atoms with Gasteiger partial charge in [-0.25, -0.2) is 0 Å². The summed E-state index contributed by atoms with van der Waals surface area (Å²) in [5.41, 5.74) is 1.51. The highest BCUT2D eigenvalue weighted by Gasteiger charge is 2.11. The molecule has 0 aliphatic carbocycles. The first-order valence-electron chi connectivity index (χ1n) is 5.71. The summed E-state index contributed by atoms with van der Waals surface area (Å²) in [6, 6.07) is 7.12. The molecular formula is C15H14O3S. The lowest BCUT2D eigenvalue weighted by atomic mass is 10.1. The summed E-state index contributed by atoms with van der Waals surface area (Å²) >= 11 is 1.59. The number of benzene rings is 1. The number of rotatable bonds is 5. The van der Waals surface area contributed by atoms with Crippen molar-refractivity contribution in [2.45, 2.75) is 0 Å². The minimum absolute atomic E-state index is 0.109. The maximum atomic E-state index is 12.2. The SMILES string of the molecule is COc1ccc(OC)c(C(=O)/C=C/c2ccsc2)c1. The zero-order valence-corrected chi connectivity index (χ0v) is 11.6. The van der Waals surface area contributed by atoms with Crippen LogP contribution in [0, 0.1) is 0 Å². The molecule has 0 bridgehead atoms. The predicted octanol–water partition coefficient (Wildman–Crippen LogP) is 3.66. The molecule has 4 heteroatoms. The van der Waals surface area contributed by atoms with E-state index in [1.807, 2.05) is 16.8 Å². The van der Waals surface area contributed by atoms with E-state index >= 15 is 0 Å². The first-order valence-corrected chi connectivity index (χ1v) is 6.65. The Balaban J connectivity index is 2.27. The summed E-state index contributed by atoms with van der Waals surface area (Å²) < 4.78 is 10.3. The molecule has 0 spiro atoms. The van der Waals surface area contributed by atoms with Crippen molar-refractivity contribution in [2.24, 2.45) is 0 Å². The quantitative estimate of drug-likeness (QED) is 0.616. The van der Waals surface area contributed by atoms with Crippen LogP contribution in [-0.4, -0.2) is 20.0 Å². The Labute approximate surface area is 116 Å². The molecule has 0 aliphatic rings. The fraction of sp³-hybridized carbons (Fsp3) is 0.133. The van der Waals surface area contributed by atoms with Gasteiger partial charge < -0.3 is 9.47 Å². The molecule has 0 amide bonds. The van der Waals surface area contributed by atoms with Crippen molar-refractivity contribution in [2.75, 3.05) is 14.2 Å². The van der Waals surface area contributed by atoms with Crippen molar-refractivity contribution in [3.63, 3.8) is 0 Å². The minimum atomic E-state index is -0.109. The number of carbonyl (C=O) groups is 1. The first-order chi connectivity index (χ1) is 9.24. The van der Waals surface area contributed by atoms with Gasteiger partial charge in [0.25, 0.3) is 0 Å². The monoisotopic (exact) mass is 274 g/mol. The van der Waals surface area contributed by atoms with Crippen LogP contribution in [0.15, 0.2) is 41.1 Å². The molecule has 1 heterocycles. The van der Waals surface area contributed by atoms with Crippen LogP contribution in [0.5, 0.6) is 11.5 Å². The van der Waals surface area contributed by atoms with Crippen molar-refractivity contribution in [1.29, 1.82) is 0 Å². The average molecular weight is 274 g/mol. The molecule has 0 aliphatic heterocycles. The number of allylic oxidation sites excluding steroid dienone is 1. The molecule has 98 valence electrons. The second-order valence-corrected chi connectivity index (χ2v) is 4.60. The highest BCUT2D eigenvalue weighted by atomic mass is 32.1. The zero-order valence-electron chi connectivity index (χ0n) is 10.8. The normalized spacial score (nSPS) is 10.6. The molecule has 0 saturated carbocycles. The Morgan fingerprint density at radius 1 is 1.21 bits per heavy atom. The second kappa shape index (κ2) is 6.20. The smallest absolute Gasteiger partial charge is 0.189 e. The lowest BCUT2D eigenvalue weighted by molar-refractivity contribution is 0.104. The van der Waals surface area contributed by atoms with E-state index in [4.69, 9.17) is 9.47 Å². The van der Waals surface area contributed by atoms with Gasteiger partial charge in [0, 0.05) is 0 Å². The second-order valence-electron chi connectivity index (χ2n) is 3.82. The Morgan fingerprint density at radius 3 is 2.68 bits per heavy atom. The summed E-state index contributed by atoms with van der Waals surface area (Å²) in [7, 11) is 3.11. The summed E-state index contributed by atoms with van der Waals surface area (Å²) in [6.45, 7) is 0. The van der Waals surface area contributed by atoms with Crippen molar-refractivity contribution < 1.29 is 14.3 Å². The minimum Gasteiger partial charge on any atom is -0.497 e. The number of methoxy groups -OCH3 is 2. The molecule has 3 nitrogen and oxygen atoms in total. The predicted molar refractivity (Wildman–Crippen MR) is 77.2 cm³/mol. The van der Waals surface area contributed by atoms with Gasteiger partial charge in [-0.3, -0.25) is 4.79 Å². The molecule has 1 aromatic heterocycles. The van der Waals surface area contributed by atoms with Gasteiger partial charge >= 0.3 is 0 Å². The third kappa shape index (κ3) is 3.23. The number of ether oxygens (including phenoxy) is 2. The average Bonchev–Trinajstić information content (AvgIpc) is 2.97. The summed E-state index contributed by atoms with van der Waals surface area (Å²) in [5.74, 6) is 1.07. The number of ketones is 1. The molecule has 0 radical (unpaired) electrons. The fourth-order valence-electron chi connectivity index (χ4n) is 1.64. The molecule has 0 fully saturated rings. The van der Waals surface area contributed by atoms with Gasteiger partial charge in [-0.2, -0.15) is 11.3 Å². The molecule has 0 N–H and O–H groups in total. The van der Waals surface area contributed by atoms with Gasteiger partial charge in [-0.05, 0) is 46.7 Å². The van der Waals surface area contributed by atoms with Gasteiger partial charge in [0.15, 0.2) is 5.78 Å². The van der Waals surface area contributed by atoms with Crippen LogP contribution < -0.4 is 9.47 Å². The van der Waals surface area contributed by atoms with Crippen LogP contribution in [-0.2, 0) is 0 Å². The van der Waals surface area contributed by atoms with E-state index in [0.29, 0.717) is 17.1 Å². The van der Waals surface area contributed by atoms with E-state index in [2.05, 4.69) is 0 Å². The Hall–Kier alpha value is -2.07. The lowest BCUT2D eigenvalue weighted by Gasteiger charge is -2.07. The first kappa shape index (κ1) is 13.4. The lowest BCUT2D eigenvalue weighted by Crippen LogP contribution is -1.99. The maximum absolute atomic E-state index is 12.2. The van der Waals surface area contributed by atoms with E-state index in [9.17, 15) is 4.79 Å². The molecule has 2 rings (SSSR count). The molecule has 0 unspecified atom stereocenters. The van der Waals surface area contributed by atoms with E-state index in [1.54, 1.807) is 55.9 Å². The van der Waals surface area contributed by atoms with Gasteiger partial charge in [0.1, 0.15) is 11.5 Å². The Bertz CT molecular complexity index is 585. The maximum Gasteiger partial charge on any atom is 0.189 e. The van der Waals surface area contributed by atoms with Crippen molar-refractivity contribution >= 4 is 23.2 Å². The van der Waals surface area contributed by atoms with Crippen molar-refractivity contribution in [3.8, 4) is 11.5 Å². The van der Waals surface area contributed by atoms with Crippen LogP contribution in [0.4, 0.5) is 0 Å². The van der Waals surface area contributed by atoms with Crippen LogP contribution in [0.3, 0.4) is 0 Å². The van der Waals surface area contributed by atoms with Gasteiger partial charge in [-0.15, -0.1) is 0 Å². The van der Waals surface area contributed by atoms with Gasteiger partial charge in [-0.1, -0.05) is 6.08 Å². The number of hydrogen-bond acceptors (Lipinski definition) is 4. The number of carbonyl (C=O) groups excluding carboxylic acids is 1. The molecule has 0 saturated heterocycles. The molecule has 19 heavy (non-hydrogen) atoms. The fourth-order valence-corrected chi connectivity index (χ4v) is 2.27. The largest absolute Gasteiger partial charge is 0.497 e.